The summed E-state index contributed by atoms with van der Waals surface area (Å²) in [5.74, 6) is 0. The zero-order valence-electron chi connectivity index (χ0n) is 10.1. The van der Waals surface area contributed by atoms with Crippen LogP contribution >= 0.6 is 11.3 Å². The van der Waals surface area contributed by atoms with Crippen molar-refractivity contribution in [3.63, 3.8) is 0 Å². The SMILES string of the molecule is CCc1ccc2c(c1)CCC(c1ccsc1)N2. The standard InChI is InChI=1S/C15H17NS/c1-2-11-3-5-14-12(9-11)4-6-15(16-14)13-7-8-17-10-13/h3,5,7-10,15-16H,2,4,6H2,1H3. The lowest BCUT2D eigenvalue weighted by atomic mass is 9.93. The van der Waals surface area contributed by atoms with Gasteiger partial charge in [0.1, 0.15) is 0 Å². The number of hydrogen-bond acceptors (Lipinski definition) is 2. The molecule has 3 rings (SSSR count). The molecule has 2 heteroatoms. The first-order chi connectivity index (χ1) is 8.36. The number of aryl methyl sites for hydroxylation is 2. The fraction of sp³-hybridized carbons (Fsp3) is 0.333. The van der Waals surface area contributed by atoms with Crippen molar-refractivity contribution in [2.45, 2.75) is 32.2 Å². The third-order valence-electron chi connectivity index (χ3n) is 3.56. The second kappa shape index (κ2) is 4.53. The summed E-state index contributed by atoms with van der Waals surface area (Å²) in [6.45, 7) is 2.21. The van der Waals surface area contributed by atoms with Crippen LogP contribution in [-0.4, -0.2) is 0 Å². The van der Waals surface area contributed by atoms with Gasteiger partial charge in [0.15, 0.2) is 0 Å². The molecule has 0 amide bonds. The zero-order chi connectivity index (χ0) is 11.7. The number of hydrogen-bond donors (Lipinski definition) is 1. The van der Waals surface area contributed by atoms with Crippen molar-refractivity contribution in [1.29, 1.82) is 0 Å². The molecule has 2 aromatic rings. The molecule has 1 aromatic carbocycles. The Kier molecular flexibility index (Phi) is 2.89. The van der Waals surface area contributed by atoms with Crippen molar-refractivity contribution in [2.24, 2.45) is 0 Å². The van der Waals surface area contributed by atoms with E-state index in [1.54, 1.807) is 11.3 Å². The Hall–Kier alpha value is -1.28. The second-order valence-electron chi connectivity index (χ2n) is 4.64. The highest BCUT2D eigenvalue weighted by Crippen LogP contribution is 2.33. The first-order valence-corrected chi connectivity index (χ1v) is 7.21. The molecule has 1 N–H and O–H groups in total. The maximum atomic E-state index is 3.66. The van der Waals surface area contributed by atoms with Crippen LogP contribution < -0.4 is 5.32 Å². The molecular weight excluding hydrogens is 226 g/mol. The number of benzene rings is 1. The highest BCUT2D eigenvalue weighted by atomic mass is 32.1. The van der Waals surface area contributed by atoms with E-state index in [9.17, 15) is 0 Å². The number of rotatable bonds is 2. The molecular formula is C15H17NS. The van der Waals surface area contributed by atoms with E-state index in [4.69, 9.17) is 0 Å². The van der Waals surface area contributed by atoms with Crippen molar-refractivity contribution in [3.8, 4) is 0 Å². The summed E-state index contributed by atoms with van der Waals surface area (Å²) in [4.78, 5) is 0. The quantitative estimate of drug-likeness (QED) is 0.823. The van der Waals surface area contributed by atoms with Gasteiger partial charge in [0, 0.05) is 5.69 Å². The van der Waals surface area contributed by atoms with Crippen LogP contribution in [-0.2, 0) is 12.8 Å². The summed E-state index contributed by atoms with van der Waals surface area (Å²) in [6, 6.07) is 9.57. The van der Waals surface area contributed by atoms with Crippen molar-refractivity contribution < 1.29 is 0 Å². The van der Waals surface area contributed by atoms with Gasteiger partial charge in [0.2, 0.25) is 0 Å². The van der Waals surface area contributed by atoms with E-state index >= 15 is 0 Å². The monoisotopic (exact) mass is 243 g/mol. The largest absolute Gasteiger partial charge is 0.378 e. The summed E-state index contributed by atoms with van der Waals surface area (Å²) in [5.41, 5.74) is 5.68. The maximum absolute atomic E-state index is 3.66. The highest BCUT2D eigenvalue weighted by molar-refractivity contribution is 7.08. The van der Waals surface area contributed by atoms with E-state index < -0.39 is 0 Å². The predicted molar refractivity (Wildman–Crippen MR) is 74.8 cm³/mol. The van der Waals surface area contributed by atoms with Crippen LogP contribution in [0, 0.1) is 0 Å². The third-order valence-corrected chi connectivity index (χ3v) is 4.26. The maximum Gasteiger partial charge on any atom is 0.0525 e. The zero-order valence-corrected chi connectivity index (χ0v) is 10.9. The van der Waals surface area contributed by atoms with Crippen LogP contribution in [0.5, 0.6) is 0 Å². The molecule has 0 radical (unpaired) electrons. The Bertz CT molecular complexity index is 502. The topological polar surface area (TPSA) is 12.0 Å². The van der Waals surface area contributed by atoms with Crippen LogP contribution in [0.1, 0.15) is 36.1 Å². The number of thiophene rings is 1. The van der Waals surface area contributed by atoms with Gasteiger partial charge >= 0.3 is 0 Å². The van der Waals surface area contributed by atoms with Gasteiger partial charge in [0.05, 0.1) is 6.04 Å². The molecule has 0 fully saturated rings. The Labute approximate surface area is 106 Å². The molecule has 1 nitrogen and oxygen atoms in total. The van der Waals surface area contributed by atoms with Gasteiger partial charge in [0.25, 0.3) is 0 Å². The molecule has 0 bridgehead atoms. The van der Waals surface area contributed by atoms with E-state index in [1.807, 2.05) is 0 Å². The lowest BCUT2D eigenvalue weighted by Crippen LogP contribution is -2.17. The van der Waals surface area contributed by atoms with Gasteiger partial charge in [-0.1, -0.05) is 19.1 Å². The van der Waals surface area contributed by atoms with Crippen LogP contribution in [0.15, 0.2) is 35.0 Å². The van der Waals surface area contributed by atoms with Gasteiger partial charge in [-0.25, -0.2) is 0 Å². The minimum absolute atomic E-state index is 0.501. The molecule has 1 aliphatic heterocycles. The fourth-order valence-corrected chi connectivity index (χ4v) is 3.21. The van der Waals surface area contributed by atoms with Crippen molar-refractivity contribution in [2.75, 3.05) is 5.32 Å². The molecule has 1 atom stereocenters. The molecule has 0 spiro atoms. The average Bonchev–Trinajstić information content (AvgIpc) is 2.91. The van der Waals surface area contributed by atoms with Crippen LogP contribution in [0.2, 0.25) is 0 Å². The van der Waals surface area contributed by atoms with E-state index in [-0.39, 0.29) is 0 Å². The summed E-state index contributed by atoms with van der Waals surface area (Å²) < 4.78 is 0. The molecule has 2 heterocycles. The predicted octanol–water partition coefficient (Wildman–Crippen LogP) is 4.41. The van der Waals surface area contributed by atoms with Gasteiger partial charge in [-0.3, -0.25) is 0 Å². The fourth-order valence-electron chi connectivity index (χ4n) is 2.50. The first kappa shape index (κ1) is 10.8. The highest BCUT2D eigenvalue weighted by Gasteiger charge is 2.19. The molecule has 88 valence electrons. The number of anilines is 1. The number of nitrogens with one attached hydrogen (secondary N) is 1. The molecule has 1 aromatic heterocycles. The minimum Gasteiger partial charge on any atom is -0.378 e. The van der Waals surface area contributed by atoms with Gasteiger partial charge < -0.3 is 5.32 Å². The smallest absolute Gasteiger partial charge is 0.0525 e. The van der Waals surface area contributed by atoms with Crippen molar-refractivity contribution >= 4 is 17.0 Å². The van der Waals surface area contributed by atoms with Crippen molar-refractivity contribution in [3.05, 3.63) is 51.7 Å². The van der Waals surface area contributed by atoms with Gasteiger partial charge in [-0.15, -0.1) is 0 Å². The summed E-state index contributed by atoms with van der Waals surface area (Å²) >= 11 is 1.78. The van der Waals surface area contributed by atoms with E-state index in [1.165, 1.54) is 35.2 Å². The van der Waals surface area contributed by atoms with E-state index in [2.05, 4.69) is 47.3 Å². The lowest BCUT2D eigenvalue weighted by molar-refractivity contribution is 0.669. The van der Waals surface area contributed by atoms with Crippen molar-refractivity contribution in [1.82, 2.24) is 0 Å². The summed E-state index contributed by atoms with van der Waals surface area (Å²) in [5, 5.41) is 8.07. The van der Waals surface area contributed by atoms with Crippen LogP contribution in [0.25, 0.3) is 0 Å². The molecule has 0 aliphatic carbocycles. The van der Waals surface area contributed by atoms with Gasteiger partial charge in [-0.2, -0.15) is 11.3 Å². The molecule has 1 aliphatic rings. The number of fused-ring (bicyclic) bond motifs is 1. The normalized spacial score (nSPS) is 18.5. The Morgan fingerprint density at radius 3 is 3.06 bits per heavy atom. The molecule has 0 saturated heterocycles. The van der Waals surface area contributed by atoms with Gasteiger partial charge in [-0.05, 0) is 58.8 Å². The lowest BCUT2D eigenvalue weighted by Gasteiger charge is -2.27. The van der Waals surface area contributed by atoms with E-state index in [0.717, 1.165) is 6.42 Å². The summed E-state index contributed by atoms with van der Waals surface area (Å²) in [7, 11) is 0. The third kappa shape index (κ3) is 2.09. The molecule has 0 saturated carbocycles. The minimum atomic E-state index is 0.501. The molecule has 1 unspecified atom stereocenters. The first-order valence-electron chi connectivity index (χ1n) is 6.27. The van der Waals surface area contributed by atoms with Crippen LogP contribution in [0.3, 0.4) is 0 Å². The summed E-state index contributed by atoms with van der Waals surface area (Å²) in [6.07, 6.45) is 3.52. The average molecular weight is 243 g/mol. The second-order valence-corrected chi connectivity index (χ2v) is 5.42. The molecule has 17 heavy (non-hydrogen) atoms. The van der Waals surface area contributed by atoms with E-state index in [0.29, 0.717) is 6.04 Å². The Morgan fingerprint density at radius 2 is 2.29 bits per heavy atom. The Balaban J connectivity index is 1.86. The van der Waals surface area contributed by atoms with Crippen LogP contribution in [0.4, 0.5) is 5.69 Å². The Morgan fingerprint density at radius 1 is 1.35 bits per heavy atom.